The monoisotopic (exact) mass is 258 g/mol. The Morgan fingerprint density at radius 2 is 2.33 bits per heavy atom. The van der Waals surface area contributed by atoms with Crippen molar-refractivity contribution in [2.75, 3.05) is 5.32 Å². The second-order valence-corrected chi connectivity index (χ2v) is 4.75. The highest BCUT2D eigenvalue weighted by molar-refractivity contribution is 7.13. The Kier molecular flexibility index (Phi) is 2.56. The van der Waals surface area contributed by atoms with E-state index in [1.54, 1.807) is 19.2 Å². The Morgan fingerprint density at radius 3 is 3.06 bits per heavy atom. The predicted octanol–water partition coefficient (Wildman–Crippen LogP) is 2.97. The number of aromatic amines is 1. The van der Waals surface area contributed by atoms with Crippen LogP contribution >= 0.6 is 11.3 Å². The number of Topliss-reactive ketones (excluding diaryl/α,β-unsaturated/α-hetero) is 1. The SMILES string of the molecule is CC(=O)c1ccc2[nH]nc(Nc3nccs3)c2c1. The van der Waals surface area contributed by atoms with Gasteiger partial charge in [-0.15, -0.1) is 11.3 Å². The zero-order chi connectivity index (χ0) is 12.5. The van der Waals surface area contributed by atoms with Crippen molar-refractivity contribution in [3.63, 3.8) is 0 Å². The zero-order valence-electron chi connectivity index (χ0n) is 9.60. The number of hydrogen-bond donors (Lipinski definition) is 2. The van der Waals surface area contributed by atoms with E-state index in [0.29, 0.717) is 11.4 Å². The molecule has 0 bridgehead atoms. The number of benzene rings is 1. The van der Waals surface area contributed by atoms with Crippen LogP contribution in [0.2, 0.25) is 0 Å². The minimum absolute atomic E-state index is 0.0401. The predicted molar refractivity (Wildman–Crippen MR) is 71.5 cm³/mol. The van der Waals surface area contributed by atoms with Crippen molar-refractivity contribution in [2.45, 2.75) is 6.92 Å². The number of hydrogen-bond acceptors (Lipinski definition) is 5. The van der Waals surface area contributed by atoms with Crippen molar-refractivity contribution in [1.29, 1.82) is 0 Å². The molecule has 18 heavy (non-hydrogen) atoms. The van der Waals surface area contributed by atoms with Crippen LogP contribution in [0.5, 0.6) is 0 Å². The van der Waals surface area contributed by atoms with Gasteiger partial charge in [-0.2, -0.15) is 5.10 Å². The van der Waals surface area contributed by atoms with Crippen molar-refractivity contribution in [2.24, 2.45) is 0 Å². The van der Waals surface area contributed by atoms with E-state index in [1.165, 1.54) is 11.3 Å². The van der Waals surface area contributed by atoms with Crippen molar-refractivity contribution >= 4 is 39.0 Å². The molecule has 0 saturated heterocycles. The lowest BCUT2D eigenvalue weighted by Crippen LogP contribution is -1.92. The highest BCUT2D eigenvalue weighted by atomic mass is 32.1. The summed E-state index contributed by atoms with van der Waals surface area (Å²) in [7, 11) is 0. The number of fused-ring (bicyclic) bond motifs is 1. The number of anilines is 2. The van der Waals surface area contributed by atoms with Crippen LogP contribution in [0.3, 0.4) is 0 Å². The number of H-pyrrole nitrogens is 1. The maximum atomic E-state index is 11.4. The molecule has 0 atom stereocenters. The van der Waals surface area contributed by atoms with E-state index in [-0.39, 0.29) is 5.78 Å². The summed E-state index contributed by atoms with van der Waals surface area (Å²) < 4.78 is 0. The smallest absolute Gasteiger partial charge is 0.188 e. The minimum Gasteiger partial charge on any atom is -0.314 e. The largest absolute Gasteiger partial charge is 0.314 e. The van der Waals surface area contributed by atoms with E-state index < -0.39 is 0 Å². The van der Waals surface area contributed by atoms with Gasteiger partial charge >= 0.3 is 0 Å². The maximum Gasteiger partial charge on any atom is 0.188 e. The molecule has 5 nitrogen and oxygen atoms in total. The molecule has 90 valence electrons. The first-order chi connectivity index (χ1) is 8.74. The van der Waals surface area contributed by atoms with Gasteiger partial charge in [0.1, 0.15) is 0 Å². The van der Waals surface area contributed by atoms with E-state index in [2.05, 4.69) is 20.5 Å². The summed E-state index contributed by atoms with van der Waals surface area (Å²) in [6.45, 7) is 1.55. The molecule has 0 fully saturated rings. The Balaban J connectivity index is 2.06. The fraction of sp³-hybridized carbons (Fsp3) is 0.0833. The first-order valence-corrected chi connectivity index (χ1v) is 6.27. The molecule has 3 aromatic rings. The Bertz CT molecular complexity index is 702. The molecule has 1 aromatic carbocycles. The van der Waals surface area contributed by atoms with Gasteiger partial charge in [-0.05, 0) is 25.1 Å². The zero-order valence-corrected chi connectivity index (χ0v) is 10.4. The van der Waals surface area contributed by atoms with Crippen LogP contribution < -0.4 is 5.32 Å². The second kappa shape index (κ2) is 4.23. The van der Waals surface area contributed by atoms with Crippen LogP contribution in [0.1, 0.15) is 17.3 Å². The summed E-state index contributed by atoms with van der Waals surface area (Å²) in [6.07, 6.45) is 1.73. The van der Waals surface area contributed by atoms with E-state index in [9.17, 15) is 4.79 Å². The van der Waals surface area contributed by atoms with E-state index in [1.807, 2.05) is 17.5 Å². The first-order valence-electron chi connectivity index (χ1n) is 5.39. The number of rotatable bonds is 3. The summed E-state index contributed by atoms with van der Waals surface area (Å²) in [6, 6.07) is 5.47. The molecule has 0 saturated carbocycles. The van der Waals surface area contributed by atoms with E-state index in [0.717, 1.165) is 16.0 Å². The van der Waals surface area contributed by atoms with Crippen molar-refractivity contribution in [1.82, 2.24) is 15.2 Å². The summed E-state index contributed by atoms with van der Waals surface area (Å²) in [5.41, 5.74) is 1.56. The highest BCUT2D eigenvalue weighted by Crippen LogP contribution is 2.25. The molecule has 3 rings (SSSR count). The lowest BCUT2D eigenvalue weighted by molar-refractivity contribution is 0.101. The summed E-state index contributed by atoms with van der Waals surface area (Å²) in [5, 5.41) is 13.8. The summed E-state index contributed by atoms with van der Waals surface area (Å²) in [4.78, 5) is 15.5. The molecule has 0 aliphatic rings. The number of carbonyl (C=O) groups is 1. The minimum atomic E-state index is 0.0401. The Labute approximate surface area is 107 Å². The number of ketones is 1. The van der Waals surface area contributed by atoms with Gasteiger partial charge in [-0.25, -0.2) is 4.98 Å². The molecule has 0 amide bonds. The maximum absolute atomic E-state index is 11.4. The van der Waals surface area contributed by atoms with Crippen LogP contribution in [0.25, 0.3) is 10.9 Å². The summed E-state index contributed by atoms with van der Waals surface area (Å²) >= 11 is 1.50. The standard InChI is InChI=1S/C12H10N4OS/c1-7(17)8-2-3-10-9(6-8)11(16-15-10)14-12-13-4-5-18-12/h2-6H,1H3,(H2,13,14,15,16). The number of aromatic nitrogens is 3. The average Bonchev–Trinajstić information content (AvgIpc) is 2.99. The van der Waals surface area contributed by atoms with Crippen molar-refractivity contribution < 1.29 is 4.79 Å². The molecule has 2 aromatic heterocycles. The Morgan fingerprint density at radius 1 is 1.44 bits per heavy atom. The third kappa shape index (κ3) is 1.86. The average molecular weight is 258 g/mol. The number of nitrogens with zero attached hydrogens (tertiary/aromatic N) is 2. The molecule has 6 heteroatoms. The van der Waals surface area contributed by atoms with Crippen LogP contribution in [-0.2, 0) is 0 Å². The molecule has 2 N–H and O–H groups in total. The molecule has 0 radical (unpaired) electrons. The Hall–Kier alpha value is -2.21. The van der Waals surface area contributed by atoms with E-state index >= 15 is 0 Å². The second-order valence-electron chi connectivity index (χ2n) is 3.85. The molecule has 0 unspecified atom stereocenters. The molecule has 0 spiro atoms. The van der Waals surface area contributed by atoms with Crippen molar-refractivity contribution in [3.8, 4) is 0 Å². The highest BCUT2D eigenvalue weighted by Gasteiger charge is 2.09. The number of carbonyl (C=O) groups excluding carboxylic acids is 1. The third-order valence-corrected chi connectivity index (χ3v) is 3.32. The number of thiazole rings is 1. The molecule has 0 aliphatic carbocycles. The lowest BCUT2D eigenvalue weighted by atomic mass is 10.1. The van der Waals surface area contributed by atoms with Gasteiger partial charge in [0, 0.05) is 22.5 Å². The lowest BCUT2D eigenvalue weighted by Gasteiger charge is -1.99. The van der Waals surface area contributed by atoms with Crippen LogP contribution in [0.4, 0.5) is 10.9 Å². The fourth-order valence-corrected chi connectivity index (χ4v) is 2.24. The topological polar surface area (TPSA) is 70.7 Å². The molecular weight excluding hydrogens is 248 g/mol. The van der Waals surface area contributed by atoms with Gasteiger partial charge in [0.2, 0.25) is 0 Å². The van der Waals surface area contributed by atoms with Gasteiger partial charge in [-0.1, -0.05) is 0 Å². The summed E-state index contributed by atoms with van der Waals surface area (Å²) in [5.74, 6) is 0.723. The van der Waals surface area contributed by atoms with Crippen LogP contribution in [0, 0.1) is 0 Å². The van der Waals surface area contributed by atoms with Crippen molar-refractivity contribution in [3.05, 3.63) is 35.3 Å². The van der Waals surface area contributed by atoms with Crippen LogP contribution in [0.15, 0.2) is 29.8 Å². The first kappa shape index (κ1) is 10.9. The quantitative estimate of drug-likeness (QED) is 0.708. The van der Waals surface area contributed by atoms with Gasteiger partial charge in [-0.3, -0.25) is 9.89 Å². The molecule has 2 heterocycles. The third-order valence-electron chi connectivity index (χ3n) is 2.63. The van der Waals surface area contributed by atoms with Crippen LogP contribution in [-0.4, -0.2) is 21.0 Å². The van der Waals surface area contributed by atoms with E-state index in [4.69, 9.17) is 0 Å². The number of nitrogens with one attached hydrogen (secondary N) is 2. The molecule has 0 aliphatic heterocycles. The van der Waals surface area contributed by atoms with Gasteiger partial charge in [0.05, 0.1) is 5.52 Å². The molecular formula is C12H10N4OS. The van der Waals surface area contributed by atoms with Gasteiger partial charge < -0.3 is 5.32 Å². The van der Waals surface area contributed by atoms with Gasteiger partial charge in [0.25, 0.3) is 0 Å². The fourth-order valence-electron chi connectivity index (χ4n) is 1.71. The normalized spacial score (nSPS) is 10.7. The van der Waals surface area contributed by atoms with Gasteiger partial charge in [0.15, 0.2) is 16.7 Å².